The van der Waals surface area contributed by atoms with E-state index in [9.17, 15) is 23.9 Å². The zero-order chi connectivity index (χ0) is 28.8. The summed E-state index contributed by atoms with van der Waals surface area (Å²) in [7, 11) is 1.29. The van der Waals surface area contributed by atoms with Crippen LogP contribution in [-0.2, 0) is 14.3 Å². The Balaban J connectivity index is 1.26. The first kappa shape index (κ1) is 27.6. The van der Waals surface area contributed by atoms with Crippen LogP contribution in [-0.4, -0.2) is 101 Å². The van der Waals surface area contributed by atoms with Gasteiger partial charge in [0.1, 0.15) is 11.9 Å². The molecule has 2 saturated heterocycles. The maximum Gasteiger partial charge on any atom is 0.338 e. The number of carbonyl (C=O) groups excluding carboxylic acids is 2. The van der Waals surface area contributed by atoms with Crippen molar-refractivity contribution in [2.24, 2.45) is 10.9 Å². The minimum Gasteiger partial charge on any atom is -0.481 e. The number of aromatic nitrogens is 1. The Kier molecular flexibility index (Phi) is 7.43. The third kappa shape index (κ3) is 5.17. The number of amides is 2. The van der Waals surface area contributed by atoms with Crippen molar-refractivity contribution in [3.63, 3.8) is 0 Å². The van der Waals surface area contributed by atoms with Gasteiger partial charge in [-0.3, -0.25) is 14.7 Å². The van der Waals surface area contributed by atoms with Crippen molar-refractivity contribution in [2.75, 3.05) is 39.8 Å². The lowest BCUT2D eigenvalue weighted by molar-refractivity contribution is -0.146. The van der Waals surface area contributed by atoms with Crippen LogP contribution < -0.4 is 5.32 Å². The molecule has 2 atom stereocenters. The number of thiazole rings is 1. The quantitative estimate of drug-likeness (QED) is 0.463. The van der Waals surface area contributed by atoms with Crippen LogP contribution in [0.25, 0.3) is 0 Å². The van der Waals surface area contributed by atoms with E-state index in [2.05, 4.69) is 15.2 Å². The fourth-order valence-electron chi connectivity index (χ4n) is 5.98. The van der Waals surface area contributed by atoms with Crippen molar-refractivity contribution in [2.45, 2.75) is 31.0 Å². The summed E-state index contributed by atoms with van der Waals surface area (Å²) in [6.07, 6.45) is 2.62. The number of ether oxygens (including phenoxy) is 1. The molecular weight excluding hydrogens is 575 g/mol. The molecule has 11 nitrogen and oxygen atoms in total. The third-order valence-corrected chi connectivity index (χ3v) is 9.28. The van der Waals surface area contributed by atoms with Crippen molar-refractivity contribution in [3.05, 3.63) is 62.5 Å². The van der Waals surface area contributed by atoms with E-state index in [4.69, 9.17) is 21.3 Å². The Morgan fingerprint density at radius 3 is 2.71 bits per heavy atom. The molecule has 4 aliphatic rings. The number of hydrogen-bond acceptors (Lipinski definition) is 9. The lowest BCUT2D eigenvalue weighted by Crippen LogP contribution is -2.53. The van der Waals surface area contributed by atoms with Gasteiger partial charge in [-0.2, -0.15) is 0 Å². The molecule has 3 aliphatic heterocycles. The zero-order valence-electron chi connectivity index (χ0n) is 22.1. The molecule has 1 aliphatic carbocycles. The lowest BCUT2D eigenvalue weighted by Gasteiger charge is -2.38. The fraction of sp³-hybridized carbons (Fsp3) is 0.444. The standard InChI is InChI=1S/C27H28ClFN6O5S/c1-40-26(38)21-20(31-23(24-30-4-7-41-24)32-22(21)18-3-2-15(29)10-19(18)28)13-33-5-6-34-17(11-33)12-35(27(34)39)16-8-14(9-16)25(36)37/h2-4,7,10,14,16-17,22H,5-6,8-9,11-13H2,1H3,(H,31,32)(H,36,37). The first-order valence-corrected chi connectivity index (χ1v) is 14.5. The molecule has 2 N–H and O–H groups in total. The molecule has 1 aromatic heterocycles. The Morgan fingerprint density at radius 2 is 2.02 bits per heavy atom. The number of carbonyl (C=O) groups is 3. The summed E-state index contributed by atoms with van der Waals surface area (Å²) in [5.41, 5.74) is 1.30. The average molecular weight is 603 g/mol. The number of fused-ring (bicyclic) bond motifs is 1. The van der Waals surface area contributed by atoms with E-state index in [1.807, 2.05) is 15.2 Å². The van der Waals surface area contributed by atoms with Crippen LogP contribution in [0.5, 0.6) is 0 Å². The largest absolute Gasteiger partial charge is 0.481 e. The number of urea groups is 1. The van der Waals surface area contributed by atoms with Gasteiger partial charge in [-0.25, -0.2) is 19.0 Å². The van der Waals surface area contributed by atoms with E-state index in [1.165, 1.54) is 36.6 Å². The topological polar surface area (TPSA) is 128 Å². The molecule has 0 bridgehead atoms. The fourth-order valence-corrected chi connectivity index (χ4v) is 6.84. The second kappa shape index (κ2) is 11.0. The molecule has 41 heavy (non-hydrogen) atoms. The molecule has 2 amide bonds. The summed E-state index contributed by atoms with van der Waals surface area (Å²) in [5.74, 6) is -1.82. The van der Waals surface area contributed by atoms with Crippen molar-refractivity contribution in [1.82, 2.24) is 25.0 Å². The Bertz CT molecular complexity index is 1450. The van der Waals surface area contributed by atoms with Gasteiger partial charge in [-0.15, -0.1) is 11.3 Å². The van der Waals surface area contributed by atoms with Gasteiger partial charge in [0.2, 0.25) is 0 Å². The minimum atomic E-state index is -0.851. The first-order valence-electron chi connectivity index (χ1n) is 13.3. The van der Waals surface area contributed by atoms with Gasteiger partial charge in [0.05, 0.1) is 24.6 Å². The van der Waals surface area contributed by atoms with Crippen molar-refractivity contribution in [1.29, 1.82) is 0 Å². The highest BCUT2D eigenvalue weighted by molar-refractivity contribution is 7.11. The number of rotatable bonds is 7. The summed E-state index contributed by atoms with van der Waals surface area (Å²) in [6.45, 7) is 2.53. The predicted molar refractivity (Wildman–Crippen MR) is 148 cm³/mol. The number of aliphatic imine (C=N–C) groups is 1. The highest BCUT2D eigenvalue weighted by atomic mass is 35.5. The number of esters is 1. The number of halogens is 2. The normalized spacial score (nSPS) is 26.3. The second-order valence-corrected chi connectivity index (χ2v) is 11.9. The van der Waals surface area contributed by atoms with E-state index in [0.29, 0.717) is 67.7 Å². The zero-order valence-corrected chi connectivity index (χ0v) is 23.7. The second-order valence-electron chi connectivity index (χ2n) is 10.6. The number of carboxylic acids is 1. The van der Waals surface area contributed by atoms with Crippen LogP contribution in [0.1, 0.15) is 29.5 Å². The molecule has 2 unspecified atom stereocenters. The number of amidine groups is 1. The number of carboxylic acid groups (broad SMARTS) is 1. The van der Waals surface area contributed by atoms with Gasteiger partial charge < -0.3 is 25.0 Å². The van der Waals surface area contributed by atoms with Gasteiger partial charge >= 0.3 is 18.0 Å². The number of nitrogens with one attached hydrogen (secondary N) is 1. The molecule has 6 rings (SSSR count). The van der Waals surface area contributed by atoms with Crippen LogP contribution in [0.2, 0.25) is 5.02 Å². The number of piperazine rings is 1. The summed E-state index contributed by atoms with van der Waals surface area (Å²) >= 11 is 7.83. The number of aliphatic carboxylic acids is 1. The molecule has 0 radical (unpaired) electrons. The third-order valence-electron chi connectivity index (χ3n) is 8.17. The van der Waals surface area contributed by atoms with Crippen molar-refractivity contribution in [3.8, 4) is 0 Å². The minimum absolute atomic E-state index is 0.0436. The molecule has 14 heteroatoms. The van der Waals surface area contributed by atoms with E-state index in [-0.39, 0.29) is 34.6 Å². The summed E-state index contributed by atoms with van der Waals surface area (Å²) in [6, 6.07) is 2.99. The molecule has 4 heterocycles. The van der Waals surface area contributed by atoms with E-state index >= 15 is 0 Å². The molecule has 1 saturated carbocycles. The van der Waals surface area contributed by atoms with Crippen LogP contribution >= 0.6 is 22.9 Å². The van der Waals surface area contributed by atoms with Gasteiger partial charge in [0.25, 0.3) is 0 Å². The maximum absolute atomic E-state index is 13.9. The average Bonchev–Trinajstić information content (AvgIpc) is 3.56. The van der Waals surface area contributed by atoms with E-state index in [0.717, 1.165) is 0 Å². The van der Waals surface area contributed by atoms with Crippen LogP contribution in [0.3, 0.4) is 0 Å². The van der Waals surface area contributed by atoms with Crippen LogP contribution in [0.15, 0.2) is 46.0 Å². The van der Waals surface area contributed by atoms with E-state index < -0.39 is 23.8 Å². The van der Waals surface area contributed by atoms with E-state index in [1.54, 1.807) is 6.20 Å². The van der Waals surface area contributed by atoms with Crippen molar-refractivity contribution >= 4 is 46.7 Å². The Hall–Kier alpha value is -3.55. The van der Waals surface area contributed by atoms with Gasteiger partial charge in [0.15, 0.2) is 10.8 Å². The number of nitrogens with zero attached hydrogens (tertiary/aromatic N) is 5. The molecule has 3 fully saturated rings. The Labute approximate surface area is 244 Å². The summed E-state index contributed by atoms with van der Waals surface area (Å²) in [5, 5.41) is 15.1. The van der Waals surface area contributed by atoms with Gasteiger partial charge in [-0.05, 0) is 25.0 Å². The predicted octanol–water partition coefficient (Wildman–Crippen LogP) is 2.74. The number of methoxy groups -OCH3 is 1. The molecule has 2 aromatic rings. The van der Waals surface area contributed by atoms with Crippen LogP contribution in [0.4, 0.5) is 9.18 Å². The molecule has 1 aromatic carbocycles. The monoisotopic (exact) mass is 602 g/mol. The van der Waals surface area contributed by atoms with Gasteiger partial charge in [0, 0.05) is 66.6 Å². The molecular formula is C27H28ClFN6O5S. The Morgan fingerprint density at radius 1 is 1.22 bits per heavy atom. The summed E-state index contributed by atoms with van der Waals surface area (Å²) in [4.78, 5) is 52.5. The molecule has 216 valence electrons. The SMILES string of the molecule is COC(=O)C1=C(CN2CCN3C(=O)N(C4CC(C(=O)O)C4)CC3C2)NC(c2nccs2)=NC1c1ccc(F)cc1Cl. The number of benzene rings is 1. The highest BCUT2D eigenvalue weighted by Crippen LogP contribution is 2.38. The first-order chi connectivity index (χ1) is 19.7. The smallest absolute Gasteiger partial charge is 0.338 e. The highest BCUT2D eigenvalue weighted by Gasteiger charge is 2.48. The molecule has 0 spiro atoms. The lowest BCUT2D eigenvalue weighted by atomic mass is 9.79. The van der Waals surface area contributed by atoms with Crippen LogP contribution in [0, 0.1) is 11.7 Å². The van der Waals surface area contributed by atoms with Gasteiger partial charge in [-0.1, -0.05) is 17.7 Å². The van der Waals surface area contributed by atoms with Crippen molar-refractivity contribution < 1.29 is 28.6 Å². The number of hydrogen-bond donors (Lipinski definition) is 2. The maximum atomic E-state index is 13.9. The summed E-state index contributed by atoms with van der Waals surface area (Å²) < 4.78 is 19.1.